The first-order chi connectivity index (χ1) is 8.11. The molecule has 17 heavy (non-hydrogen) atoms. The molecule has 0 atom stereocenters. The molecule has 0 saturated carbocycles. The van der Waals surface area contributed by atoms with Gasteiger partial charge >= 0.3 is 0 Å². The highest BCUT2D eigenvalue weighted by Crippen LogP contribution is 2.27. The average molecular weight is 268 g/mol. The van der Waals surface area contributed by atoms with Crippen molar-refractivity contribution in [3.05, 3.63) is 40.0 Å². The van der Waals surface area contributed by atoms with Crippen molar-refractivity contribution in [2.75, 3.05) is 12.4 Å². The largest absolute Gasteiger partial charge is 0.373 e. The standard InChI is InChI=1S/C12H11Cl2N3/c1-7-6-16-12(17-11(7)15-2)8-3-4-9(13)10(14)5-8/h3-6H,1-2H3,(H,15,16,17). The van der Waals surface area contributed by atoms with E-state index in [2.05, 4.69) is 15.3 Å². The second kappa shape index (κ2) is 4.90. The molecule has 1 aromatic carbocycles. The molecular formula is C12H11Cl2N3. The zero-order valence-corrected chi connectivity index (χ0v) is 11.0. The molecule has 5 heteroatoms. The van der Waals surface area contributed by atoms with Crippen LogP contribution in [0.3, 0.4) is 0 Å². The Balaban J connectivity index is 2.49. The zero-order valence-electron chi connectivity index (χ0n) is 9.46. The van der Waals surface area contributed by atoms with Crippen molar-refractivity contribution >= 4 is 29.0 Å². The lowest BCUT2D eigenvalue weighted by Gasteiger charge is -2.07. The molecule has 0 aliphatic carbocycles. The maximum Gasteiger partial charge on any atom is 0.161 e. The number of aryl methyl sites for hydroxylation is 1. The third-order valence-electron chi connectivity index (χ3n) is 2.39. The first-order valence-electron chi connectivity index (χ1n) is 5.08. The number of hydrogen-bond donors (Lipinski definition) is 1. The van der Waals surface area contributed by atoms with E-state index in [0.29, 0.717) is 15.9 Å². The molecule has 0 fully saturated rings. The minimum atomic E-state index is 0.499. The molecule has 1 aromatic heterocycles. The lowest BCUT2D eigenvalue weighted by molar-refractivity contribution is 1.13. The summed E-state index contributed by atoms with van der Waals surface area (Å²) >= 11 is 11.8. The number of halogens is 2. The molecule has 0 spiro atoms. The van der Waals surface area contributed by atoms with Crippen LogP contribution in [0.25, 0.3) is 11.4 Å². The van der Waals surface area contributed by atoms with Gasteiger partial charge in [0.05, 0.1) is 10.0 Å². The minimum absolute atomic E-state index is 0.499. The van der Waals surface area contributed by atoms with Gasteiger partial charge in [0.2, 0.25) is 0 Å². The van der Waals surface area contributed by atoms with Crippen LogP contribution in [-0.2, 0) is 0 Å². The van der Waals surface area contributed by atoms with Crippen molar-refractivity contribution in [3.63, 3.8) is 0 Å². The van der Waals surface area contributed by atoms with Crippen LogP contribution < -0.4 is 5.32 Å². The zero-order chi connectivity index (χ0) is 12.4. The summed E-state index contributed by atoms with van der Waals surface area (Å²) in [6.45, 7) is 1.95. The molecule has 2 aromatic rings. The van der Waals surface area contributed by atoms with Crippen molar-refractivity contribution in [1.82, 2.24) is 9.97 Å². The molecule has 1 heterocycles. The van der Waals surface area contributed by atoms with Crippen molar-refractivity contribution in [1.29, 1.82) is 0 Å². The van der Waals surface area contributed by atoms with Gasteiger partial charge in [0.25, 0.3) is 0 Å². The number of nitrogens with zero attached hydrogens (tertiary/aromatic N) is 2. The number of hydrogen-bond acceptors (Lipinski definition) is 3. The van der Waals surface area contributed by atoms with Crippen molar-refractivity contribution in [3.8, 4) is 11.4 Å². The van der Waals surface area contributed by atoms with E-state index in [0.717, 1.165) is 16.9 Å². The summed E-state index contributed by atoms with van der Waals surface area (Å²) in [4.78, 5) is 8.68. The van der Waals surface area contributed by atoms with E-state index < -0.39 is 0 Å². The Morgan fingerprint density at radius 2 is 1.94 bits per heavy atom. The van der Waals surface area contributed by atoms with Gasteiger partial charge in [0.15, 0.2) is 5.82 Å². The second-order valence-electron chi connectivity index (χ2n) is 3.60. The van der Waals surface area contributed by atoms with E-state index in [1.165, 1.54) is 0 Å². The highest BCUT2D eigenvalue weighted by Gasteiger charge is 2.07. The molecule has 0 saturated heterocycles. The van der Waals surface area contributed by atoms with Gasteiger partial charge in [-0.2, -0.15) is 0 Å². The SMILES string of the molecule is CNc1nc(-c2ccc(Cl)c(Cl)c2)ncc1C. The molecule has 0 aliphatic rings. The Kier molecular flexibility index (Phi) is 3.50. The first kappa shape index (κ1) is 12.1. The maximum atomic E-state index is 5.97. The number of nitrogens with one attached hydrogen (secondary N) is 1. The van der Waals surface area contributed by atoms with E-state index in [1.807, 2.05) is 20.0 Å². The predicted molar refractivity (Wildman–Crippen MR) is 71.8 cm³/mol. The minimum Gasteiger partial charge on any atom is -0.373 e. The van der Waals surface area contributed by atoms with Gasteiger partial charge in [-0.05, 0) is 25.1 Å². The van der Waals surface area contributed by atoms with Crippen molar-refractivity contribution in [2.24, 2.45) is 0 Å². The fraction of sp³-hybridized carbons (Fsp3) is 0.167. The smallest absolute Gasteiger partial charge is 0.161 e. The fourth-order valence-electron chi connectivity index (χ4n) is 1.47. The molecule has 0 unspecified atom stereocenters. The maximum absolute atomic E-state index is 5.97. The molecule has 88 valence electrons. The lowest BCUT2D eigenvalue weighted by Crippen LogP contribution is -1.99. The highest BCUT2D eigenvalue weighted by atomic mass is 35.5. The third-order valence-corrected chi connectivity index (χ3v) is 3.13. The van der Waals surface area contributed by atoms with E-state index in [4.69, 9.17) is 23.2 Å². The van der Waals surface area contributed by atoms with Gasteiger partial charge in [-0.15, -0.1) is 0 Å². The van der Waals surface area contributed by atoms with Crippen molar-refractivity contribution < 1.29 is 0 Å². The third kappa shape index (κ3) is 2.51. The Hall–Kier alpha value is -1.32. The van der Waals surface area contributed by atoms with E-state index in [1.54, 1.807) is 18.3 Å². The van der Waals surface area contributed by atoms with Crippen LogP contribution in [-0.4, -0.2) is 17.0 Å². The lowest BCUT2D eigenvalue weighted by atomic mass is 10.2. The summed E-state index contributed by atoms with van der Waals surface area (Å²) in [6.07, 6.45) is 1.77. The van der Waals surface area contributed by atoms with Gasteiger partial charge < -0.3 is 5.32 Å². The molecule has 0 amide bonds. The van der Waals surface area contributed by atoms with Gasteiger partial charge in [-0.25, -0.2) is 9.97 Å². The highest BCUT2D eigenvalue weighted by molar-refractivity contribution is 6.42. The number of anilines is 1. The summed E-state index contributed by atoms with van der Waals surface area (Å²) in [7, 11) is 1.83. The van der Waals surface area contributed by atoms with Gasteiger partial charge in [0.1, 0.15) is 5.82 Å². The Bertz CT molecular complexity index is 555. The van der Waals surface area contributed by atoms with E-state index in [-0.39, 0.29) is 0 Å². The number of benzene rings is 1. The Morgan fingerprint density at radius 3 is 2.59 bits per heavy atom. The average Bonchev–Trinajstić information content (AvgIpc) is 2.33. The Labute approximate surface area is 110 Å². The molecule has 0 radical (unpaired) electrons. The monoisotopic (exact) mass is 267 g/mol. The van der Waals surface area contributed by atoms with Crippen LogP contribution in [0.4, 0.5) is 5.82 Å². The van der Waals surface area contributed by atoms with Gasteiger partial charge in [0, 0.05) is 24.4 Å². The molecule has 0 bridgehead atoms. The van der Waals surface area contributed by atoms with Gasteiger partial charge in [-0.1, -0.05) is 23.2 Å². The van der Waals surface area contributed by atoms with E-state index >= 15 is 0 Å². The second-order valence-corrected chi connectivity index (χ2v) is 4.42. The number of rotatable bonds is 2. The summed E-state index contributed by atoms with van der Waals surface area (Å²) in [5, 5.41) is 4.05. The molecule has 0 aliphatic heterocycles. The molecule has 2 rings (SSSR count). The normalized spacial score (nSPS) is 10.4. The van der Waals surface area contributed by atoms with Crippen molar-refractivity contribution in [2.45, 2.75) is 6.92 Å². The van der Waals surface area contributed by atoms with Crippen LogP contribution in [0, 0.1) is 6.92 Å². The van der Waals surface area contributed by atoms with E-state index in [9.17, 15) is 0 Å². The fourth-order valence-corrected chi connectivity index (χ4v) is 1.77. The summed E-state index contributed by atoms with van der Waals surface area (Å²) in [5.41, 5.74) is 1.84. The summed E-state index contributed by atoms with van der Waals surface area (Å²) in [6, 6.07) is 5.34. The molecule has 1 N–H and O–H groups in total. The van der Waals surface area contributed by atoms with Crippen LogP contribution in [0.1, 0.15) is 5.56 Å². The topological polar surface area (TPSA) is 37.8 Å². The summed E-state index contributed by atoms with van der Waals surface area (Å²) in [5.74, 6) is 1.43. The van der Waals surface area contributed by atoms with Crippen LogP contribution in [0.2, 0.25) is 10.0 Å². The quantitative estimate of drug-likeness (QED) is 0.900. The van der Waals surface area contributed by atoms with Gasteiger partial charge in [-0.3, -0.25) is 0 Å². The predicted octanol–water partition coefficient (Wildman–Crippen LogP) is 3.80. The molecule has 3 nitrogen and oxygen atoms in total. The van der Waals surface area contributed by atoms with Crippen LogP contribution >= 0.6 is 23.2 Å². The van der Waals surface area contributed by atoms with Crippen LogP contribution in [0.5, 0.6) is 0 Å². The Morgan fingerprint density at radius 1 is 1.18 bits per heavy atom. The molecular weight excluding hydrogens is 257 g/mol. The summed E-state index contributed by atoms with van der Waals surface area (Å²) < 4.78 is 0. The first-order valence-corrected chi connectivity index (χ1v) is 5.84. The van der Waals surface area contributed by atoms with Crippen LogP contribution in [0.15, 0.2) is 24.4 Å². The number of aromatic nitrogens is 2.